The van der Waals surface area contributed by atoms with E-state index in [1.54, 1.807) is 0 Å². The lowest BCUT2D eigenvalue weighted by Gasteiger charge is -2.38. The number of aliphatic hydroxyl groups is 1. The van der Waals surface area contributed by atoms with Gasteiger partial charge in [-0.2, -0.15) is 0 Å². The van der Waals surface area contributed by atoms with E-state index in [9.17, 15) is 5.11 Å². The van der Waals surface area contributed by atoms with Crippen LogP contribution in [0.2, 0.25) is 0 Å². The van der Waals surface area contributed by atoms with Crippen LogP contribution in [0.15, 0.2) is 85.1 Å². The molecule has 37 heavy (non-hydrogen) atoms. The molecule has 192 valence electrons. The average Bonchev–Trinajstić information content (AvgIpc) is 3.35. The van der Waals surface area contributed by atoms with Crippen molar-refractivity contribution in [3.63, 3.8) is 0 Å². The van der Waals surface area contributed by atoms with E-state index in [1.807, 2.05) is 0 Å². The zero-order valence-corrected chi connectivity index (χ0v) is 22.3. The summed E-state index contributed by atoms with van der Waals surface area (Å²) in [5, 5.41) is 22.5. The first-order chi connectivity index (χ1) is 18.1. The van der Waals surface area contributed by atoms with E-state index in [0.29, 0.717) is 0 Å². The zero-order valence-electron chi connectivity index (χ0n) is 22.3. The largest absolute Gasteiger partial charge is 0.388 e. The molecule has 3 nitrogen and oxygen atoms in total. The quantitative estimate of drug-likeness (QED) is 0.153. The molecule has 0 spiro atoms. The molecule has 0 saturated carbocycles. The smallest absolute Gasteiger partial charge is 0.0803 e. The molecule has 5 rings (SSSR count). The van der Waals surface area contributed by atoms with E-state index < -0.39 is 5.60 Å². The summed E-state index contributed by atoms with van der Waals surface area (Å²) in [5.74, 6) is 0. The molecule has 1 atom stereocenters. The van der Waals surface area contributed by atoms with Crippen molar-refractivity contribution < 1.29 is 5.11 Å². The third-order valence-corrected chi connectivity index (χ3v) is 8.08. The van der Waals surface area contributed by atoms with Crippen molar-refractivity contribution in [3.05, 3.63) is 96.2 Å². The van der Waals surface area contributed by atoms with Gasteiger partial charge in [0.25, 0.3) is 0 Å². The van der Waals surface area contributed by atoms with E-state index in [0.717, 1.165) is 57.0 Å². The number of hydrogen-bond acceptors (Lipinski definition) is 2. The van der Waals surface area contributed by atoms with Crippen LogP contribution in [0.3, 0.4) is 0 Å². The van der Waals surface area contributed by atoms with Crippen molar-refractivity contribution in [1.29, 1.82) is 0 Å². The highest BCUT2D eigenvalue weighted by atomic mass is 16.3. The molecule has 0 aliphatic carbocycles. The highest BCUT2D eigenvalue weighted by Gasteiger charge is 2.36. The van der Waals surface area contributed by atoms with Crippen LogP contribution in [0, 0.1) is 0 Å². The lowest BCUT2D eigenvalue weighted by Crippen LogP contribution is -2.52. The topological polar surface area (TPSA) is 48.0 Å². The lowest BCUT2D eigenvalue weighted by molar-refractivity contribution is -0.0183. The Bertz CT molecular complexity index is 1410. The molecule has 0 unspecified atom stereocenters. The number of benzene rings is 4. The van der Waals surface area contributed by atoms with E-state index in [2.05, 4.69) is 109 Å². The molecule has 0 saturated heterocycles. The van der Waals surface area contributed by atoms with Crippen LogP contribution in [-0.4, -0.2) is 21.7 Å². The van der Waals surface area contributed by atoms with Crippen LogP contribution in [0.1, 0.15) is 63.5 Å². The van der Waals surface area contributed by atoms with Crippen LogP contribution in [0.4, 0.5) is 0 Å². The Hall–Kier alpha value is -3.14. The second-order valence-corrected chi connectivity index (χ2v) is 10.6. The Morgan fingerprint density at radius 3 is 1.97 bits per heavy atom. The van der Waals surface area contributed by atoms with Gasteiger partial charge in [0.2, 0.25) is 0 Å². The number of para-hydroxylation sites is 1. The summed E-state index contributed by atoms with van der Waals surface area (Å²) in [6.07, 6.45) is 8.79. The summed E-state index contributed by atoms with van der Waals surface area (Å²) >= 11 is 0. The summed E-state index contributed by atoms with van der Waals surface area (Å²) in [5.41, 5.74) is 2.97. The van der Waals surface area contributed by atoms with Gasteiger partial charge in [0.05, 0.1) is 5.60 Å². The van der Waals surface area contributed by atoms with Gasteiger partial charge in [-0.25, -0.2) is 0 Å². The number of H-pyrrole nitrogens is 1. The van der Waals surface area contributed by atoms with Gasteiger partial charge in [-0.1, -0.05) is 106 Å². The Balaban J connectivity index is 1.54. The highest BCUT2D eigenvalue weighted by molar-refractivity contribution is 6.02. The summed E-state index contributed by atoms with van der Waals surface area (Å²) in [6.45, 7) is 5.14. The van der Waals surface area contributed by atoms with E-state index in [4.69, 9.17) is 0 Å². The van der Waals surface area contributed by atoms with Crippen LogP contribution in [0.5, 0.6) is 0 Å². The van der Waals surface area contributed by atoms with Gasteiger partial charge in [-0.05, 0) is 64.1 Å². The first kappa shape index (κ1) is 25.5. The lowest BCUT2D eigenvalue weighted by atomic mass is 9.80. The Morgan fingerprint density at radius 1 is 0.784 bits per heavy atom. The minimum Gasteiger partial charge on any atom is -0.388 e. The fraction of sp³-hybridized carbons (Fsp3) is 0.353. The second-order valence-electron chi connectivity index (χ2n) is 10.6. The van der Waals surface area contributed by atoms with Crippen molar-refractivity contribution in [2.24, 2.45) is 0 Å². The average molecular weight is 493 g/mol. The van der Waals surface area contributed by atoms with Crippen molar-refractivity contribution in [3.8, 4) is 0 Å². The standard InChI is InChI=1S/C34H40N2O/c1-3-5-19-34(37,20-6-4-2)33(22-27-23-35-32-18-12-11-17-30(27)32)36-24-31-28-15-9-7-13-25(28)21-26-14-8-10-16-29(26)31/h7-18,21,23,33,35-37H,3-6,19-20,22,24H2,1-2H3/t33-/m0/s1. The van der Waals surface area contributed by atoms with Gasteiger partial charge in [-0.3, -0.25) is 0 Å². The predicted molar refractivity (Wildman–Crippen MR) is 158 cm³/mol. The highest BCUT2D eigenvalue weighted by Crippen LogP contribution is 2.32. The molecule has 3 N–H and O–H groups in total. The number of nitrogens with one attached hydrogen (secondary N) is 2. The molecule has 5 aromatic rings. The molecule has 0 aliphatic rings. The first-order valence-electron chi connectivity index (χ1n) is 14.0. The van der Waals surface area contributed by atoms with Crippen LogP contribution in [-0.2, 0) is 13.0 Å². The number of rotatable bonds is 12. The first-order valence-corrected chi connectivity index (χ1v) is 14.0. The Morgan fingerprint density at radius 2 is 1.35 bits per heavy atom. The molecule has 0 radical (unpaired) electrons. The van der Waals surface area contributed by atoms with Crippen LogP contribution >= 0.6 is 0 Å². The van der Waals surface area contributed by atoms with Crippen molar-refractivity contribution in [2.45, 2.75) is 77.0 Å². The molecule has 4 aromatic carbocycles. The van der Waals surface area contributed by atoms with E-state index in [-0.39, 0.29) is 6.04 Å². The maximum atomic E-state index is 12.2. The fourth-order valence-corrected chi connectivity index (χ4v) is 5.94. The molecular weight excluding hydrogens is 452 g/mol. The van der Waals surface area contributed by atoms with Gasteiger partial charge >= 0.3 is 0 Å². The predicted octanol–water partition coefficient (Wildman–Crippen LogP) is 8.29. The molecule has 0 fully saturated rings. The third kappa shape index (κ3) is 5.44. The van der Waals surface area contributed by atoms with Gasteiger partial charge in [-0.15, -0.1) is 0 Å². The molecule has 0 amide bonds. The zero-order chi connectivity index (χ0) is 25.7. The Labute approximate surface area is 220 Å². The van der Waals surface area contributed by atoms with E-state index in [1.165, 1.54) is 38.1 Å². The van der Waals surface area contributed by atoms with Gasteiger partial charge in [0.15, 0.2) is 0 Å². The second kappa shape index (κ2) is 11.5. The molecule has 0 aliphatic heterocycles. The summed E-state index contributed by atoms with van der Waals surface area (Å²) in [6, 6.07) is 28.1. The van der Waals surface area contributed by atoms with Crippen molar-refractivity contribution in [2.75, 3.05) is 0 Å². The maximum Gasteiger partial charge on any atom is 0.0803 e. The maximum absolute atomic E-state index is 12.2. The summed E-state index contributed by atoms with van der Waals surface area (Å²) in [7, 11) is 0. The SMILES string of the molecule is CCCCC(O)(CCCC)[C@H](Cc1c[nH]c2ccccc12)NCc1c2ccccc2cc2ccccc12. The van der Waals surface area contributed by atoms with Gasteiger partial charge in [0, 0.05) is 29.7 Å². The number of unbranched alkanes of at least 4 members (excludes halogenated alkanes) is 2. The number of aromatic nitrogens is 1. The Kier molecular flexibility index (Phi) is 7.93. The third-order valence-electron chi connectivity index (χ3n) is 8.08. The number of aromatic amines is 1. The molecule has 3 heteroatoms. The molecule has 0 bridgehead atoms. The molecular formula is C34H40N2O. The monoisotopic (exact) mass is 492 g/mol. The van der Waals surface area contributed by atoms with Crippen molar-refractivity contribution >= 4 is 32.4 Å². The minimum absolute atomic E-state index is 0.0532. The van der Waals surface area contributed by atoms with Gasteiger partial charge in [0.1, 0.15) is 0 Å². The summed E-state index contributed by atoms with van der Waals surface area (Å²) < 4.78 is 0. The van der Waals surface area contributed by atoms with Crippen molar-refractivity contribution in [1.82, 2.24) is 10.3 Å². The minimum atomic E-state index is -0.759. The van der Waals surface area contributed by atoms with Crippen LogP contribution in [0.25, 0.3) is 32.4 Å². The number of fused-ring (bicyclic) bond motifs is 3. The molecule has 1 heterocycles. The van der Waals surface area contributed by atoms with Crippen LogP contribution < -0.4 is 5.32 Å². The molecule has 1 aromatic heterocycles. The normalized spacial score (nSPS) is 13.1. The number of hydrogen-bond donors (Lipinski definition) is 3. The summed E-state index contributed by atoms with van der Waals surface area (Å²) in [4.78, 5) is 3.44. The van der Waals surface area contributed by atoms with E-state index >= 15 is 0 Å². The fourth-order valence-electron chi connectivity index (χ4n) is 5.94. The van der Waals surface area contributed by atoms with Gasteiger partial charge < -0.3 is 15.4 Å².